The Bertz CT molecular complexity index is 372. The molecule has 102 valence electrons. The molecule has 2 nitrogen and oxygen atoms in total. The number of halogens is 1. The molecule has 4 heteroatoms. The highest BCUT2D eigenvalue weighted by Crippen LogP contribution is 2.41. The minimum Gasteiger partial charge on any atom is -0.316 e. The number of thiophene rings is 1. The number of likely N-dealkylation sites (tertiary alicyclic amines) is 1. The molecular weight excluding hydrogens is 308 g/mol. The number of nitrogens with zero attached hydrogens (tertiary/aromatic N) is 1. The molecule has 2 atom stereocenters. The quantitative estimate of drug-likeness (QED) is 0.826. The van der Waals surface area contributed by atoms with Gasteiger partial charge in [-0.3, -0.25) is 4.90 Å². The van der Waals surface area contributed by atoms with Crippen LogP contribution in [-0.2, 0) is 0 Å². The Morgan fingerprint density at radius 2 is 2.33 bits per heavy atom. The molecule has 18 heavy (non-hydrogen) atoms. The van der Waals surface area contributed by atoms with Crippen LogP contribution in [0.5, 0.6) is 0 Å². The summed E-state index contributed by atoms with van der Waals surface area (Å²) in [5, 5.41) is 3.58. The zero-order chi connectivity index (χ0) is 13.1. The number of rotatable bonds is 5. The number of hydrogen-bond donors (Lipinski definition) is 1. The zero-order valence-corrected chi connectivity index (χ0v) is 13.9. The van der Waals surface area contributed by atoms with Gasteiger partial charge in [0.25, 0.3) is 0 Å². The summed E-state index contributed by atoms with van der Waals surface area (Å²) in [7, 11) is 2.26. The lowest BCUT2D eigenvalue weighted by Crippen LogP contribution is -2.28. The second-order valence-electron chi connectivity index (χ2n) is 5.23. The minimum absolute atomic E-state index is 0.601. The maximum atomic E-state index is 3.64. The van der Waals surface area contributed by atoms with Gasteiger partial charge in [0.1, 0.15) is 0 Å². The van der Waals surface area contributed by atoms with E-state index in [9.17, 15) is 0 Å². The lowest BCUT2D eigenvalue weighted by molar-refractivity contribution is 0.276. The van der Waals surface area contributed by atoms with Gasteiger partial charge in [0.15, 0.2) is 0 Å². The Kier molecular flexibility index (Phi) is 5.24. The molecule has 0 aromatic carbocycles. The number of hydrogen-bond acceptors (Lipinski definition) is 3. The van der Waals surface area contributed by atoms with Gasteiger partial charge in [0, 0.05) is 20.3 Å². The van der Waals surface area contributed by atoms with Crippen molar-refractivity contribution in [3.05, 3.63) is 20.3 Å². The van der Waals surface area contributed by atoms with Crippen LogP contribution in [0.3, 0.4) is 0 Å². The third kappa shape index (κ3) is 3.16. The van der Waals surface area contributed by atoms with Crippen LogP contribution in [0.25, 0.3) is 0 Å². The molecule has 1 N–H and O–H groups in total. The number of aryl methyl sites for hydroxylation is 1. The summed E-state index contributed by atoms with van der Waals surface area (Å²) in [5.41, 5.74) is 0. The molecule has 1 aliphatic heterocycles. The summed E-state index contributed by atoms with van der Waals surface area (Å²) in [6.07, 6.45) is 2.53. The normalized spacial score (nSPS) is 24.9. The Balaban J connectivity index is 2.07. The predicted octanol–water partition coefficient (Wildman–Crippen LogP) is 3.81. The van der Waals surface area contributed by atoms with Crippen molar-refractivity contribution in [1.29, 1.82) is 0 Å². The van der Waals surface area contributed by atoms with Crippen LogP contribution in [0.15, 0.2) is 10.5 Å². The van der Waals surface area contributed by atoms with Crippen molar-refractivity contribution in [2.24, 2.45) is 5.92 Å². The number of nitrogens with one attached hydrogen (secondary N) is 1. The van der Waals surface area contributed by atoms with E-state index in [4.69, 9.17) is 0 Å². The molecule has 1 aliphatic rings. The summed E-state index contributed by atoms with van der Waals surface area (Å²) in [6, 6.07) is 2.92. The molecule has 1 aromatic rings. The molecule has 0 spiro atoms. The van der Waals surface area contributed by atoms with E-state index >= 15 is 0 Å². The van der Waals surface area contributed by atoms with Gasteiger partial charge in [-0.25, -0.2) is 0 Å². The highest BCUT2D eigenvalue weighted by atomic mass is 79.9. The van der Waals surface area contributed by atoms with Gasteiger partial charge in [-0.2, -0.15) is 0 Å². The predicted molar refractivity (Wildman–Crippen MR) is 83.4 cm³/mol. The molecule has 0 amide bonds. The van der Waals surface area contributed by atoms with Gasteiger partial charge in [-0.15, -0.1) is 11.3 Å². The van der Waals surface area contributed by atoms with Crippen LogP contribution in [0.4, 0.5) is 0 Å². The van der Waals surface area contributed by atoms with Crippen LogP contribution in [0.1, 0.15) is 35.6 Å². The molecule has 1 saturated heterocycles. The molecule has 0 saturated carbocycles. The van der Waals surface area contributed by atoms with Crippen molar-refractivity contribution in [3.63, 3.8) is 0 Å². The van der Waals surface area contributed by atoms with Crippen molar-refractivity contribution in [1.82, 2.24) is 10.2 Å². The van der Waals surface area contributed by atoms with E-state index in [0.29, 0.717) is 6.04 Å². The molecule has 2 unspecified atom stereocenters. The van der Waals surface area contributed by atoms with Crippen LogP contribution < -0.4 is 5.32 Å². The SMILES string of the molecule is CCCNCC1CCN(C)C1c1cc(Br)c(C)s1. The highest BCUT2D eigenvalue weighted by molar-refractivity contribution is 9.10. The second kappa shape index (κ2) is 6.51. The van der Waals surface area contributed by atoms with Crippen LogP contribution in [-0.4, -0.2) is 31.6 Å². The van der Waals surface area contributed by atoms with Crippen molar-refractivity contribution in [3.8, 4) is 0 Å². The molecule has 2 heterocycles. The Hall–Kier alpha value is 0.1000. The minimum atomic E-state index is 0.601. The van der Waals surface area contributed by atoms with Gasteiger partial charge >= 0.3 is 0 Å². The fourth-order valence-electron chi connectivity index (χ4n) is 2.78. The topological polar surface area (TPSA) is 15.3 Å². The van der Waals surface area contributed by atoms with Gasteiger partial charge in [0.2, 0.25) is 0 Å². The molecule has 0 bridgehead atoms. The highest BCUT2D eigenvalue weighted by Gasteiger charge is 2.33. The molecule has 0 radical (unpaired) electrons. The first-order chi connectivity index (χ1) is 8.63. The maximum absolute atomic E-state index is 3.64. The van der Waals surface area contributed by atoms with Gasteiger partial charge in [-0.1, -0.05) is 6.92 Å². The van der Waals surface area contributed by atoms with Gasteiger partial charge in [0.05, 0.1) is 0 Å². The Labute approximate surface area is 123 Å². The fourth-order valence-corrected chi connectivity index (χ4v) is 4.60. The van der Waals surface area contributed by atoms with Gasteiger partial charge in [-0.05, 0) is 74.4 Å². The summed E-state index contributed by atoms with van der Waals surface area (Å²) < 4.78 is 1.27. The van der Waals surface area contributed by atoms with E-state index in [0.717, 1.165) is 19.0 Å². The van der Waals surface area contributed by atoms with Crippen LogP contribution >= 0.6 is 27.3 Å². The monoisotopic (exact) mass is 330 g/mol. The lowest BCUT2D eigenvalue weighted by Gasteiger charge is -2.24. The van der Waals surface area contributed by atoms with E-state index in [1.165, 1.54) is 33.6 Å². The van der Waals surface area contributed by atoms with Crippen molar-refractivity contribution >= 4 is 27.3 Å². The summed E-state index contributed by atoms with van der Waals surface area (Å²) in [6.45, 7) is 7.93. The third-order valence-corrected chi connectivity index (χ3v) is 5.98. The second-order valence-corrected chi connectivity index (χ2v) is 7.37. The lowest BCUT2D eigenvalue weighted by atomic mass is 9.99. The molecule has 1 fully saturated rings. The van der Waals surface area contributed by atoms with E-state index in [1.807, 2.05) is 11.3 Å². The van der Waals surface area contributed by atoms with Crippen molar-refractivity contribution in [2.45, 2.75) is 32.7 Å². The average Bonchev–Trinajstić information content (AvgIpc) is 2.84. The van der Waals surface area contributed by atoms with Crippen LogP contribution in [0, 0.1) is 12.8 Å². The van der Waals surface area contributed by atoms with E-state index < -0.39 is 0 Å². The van der Waals surface area contributed by atoms with Crippen molar-refractivity contribution < 1.29 is 0 Å². The Morgan fingerprint density at radius 1 is 1.56 bits per heavy atom. The van der Waals surface area contributed by atoms with Crippen molar-refractivity contribution in [2.75, 3.05) is 26.7 Å². The maximum Gasteiger partial charge on any atom is 0.0479 e. The van der Waals surface area contributed by atoms with E-state index in [-0.39, 0.29) is 0 Å². The molecule has 1 aromatic heterocycles. The standard InChI is InChI=1S/C14H23BrN2S/c1-4-6-16-9-11-5-7-17(3)14(11)13-8-12(15)10(2)18-13/h8,11,14,16H,4-7,9H2,1-3H3. The molecule has 0 aliphatic carbocycles. The molecule has 2 rings (SSSR count). The smallest absolute Gasteiger partial charge is 0.0479 e. The van der Waals surface area contributed by atoms with E-state index in [1.54, 1.807) is 0 Å². The third-order valence-electron chi connectivity index (χ3n) is 3.78. The fraction of sp³-hybridized carbons (Fsp3) is 0.714. The summed E-state index contributed by atoms with van der Waals surface area (Å²) in [5.74, 6) is 0.756. The van der Waals surface area contributed by atoms with Gasteiger partial charge < -0.3 is 5.32 Å². The van der Waals surface area contributed by atoms with Crippen LogP contribution in [0.2, 0.25) is 0 Å². The zero-order valence-electron chi connectivity index (χ0n) is 11.5. The average molecular weight is 331 g/mol. The first-order valence-electron chi connectivity index (χ1n) is 6.80. The largest absolute Gasteiger partial charge is 0.316 e. The first kappa shape index (κ1) is 14.5. The summed E-state index contributed by atoms with van der Waals surface area (Å²) >= 11 is 5.59. The summed E-state index contributed by atoms with van der Waals surface area (Å²) in [4.78, 5) is 5.42. The Morgan fingerprint density at radius 3 is 2.94 bits per heavy atom. The molecular formula is C14H23BrN2S. The first-order valence-corrected chi connectivity index (χ1v) is 8.41. The van der Waals surface area contributed by atoms with E-state index in [2.05, 4.69) is 53.1 Å².